The fraction of sp³-hybridized carbons (Fsp3) is 1.00. The summed E-state index contributed by atoms with van der Waals surface area (Å²) in [6.07, 6.45) is 1.17. The molecule has 2 heteroatoms. The van der Waals surface area contributed by atoms with Crippen LogP contribution in [0.15, 0.2) is 0 Å². The van der Waals surface area contributed by atoms with E-state index in [1.807, 2.05) is 6.92 Å². The lowest BCUT2D eigenvalue weighted by atomic mass is 10.2. The molecule has 0 aromatic carbocycles. The molecule has 56 valence electrons. The molecule has 0 rings (SSSR count). The van der Waals surface area contributed by atoms with E-state index in [4.69, 9.17) is 5.73 Å². The van der Waals surface area contributed by atoms with Crippen LogP contribution in [0.25, 0.3) is 0 Å². The molecule has 2 unspecified atom stereocenters. The maximum Gasteiger partial charge on any atom is 0.0136 e. The minimum absolute atomic E-state index is 0.277. The van der Waals surface area contributed by atoms with E-state index in [1.54, 1.807) is 0 Å². The van der Waals surface area contributed by atoms with Crippen LogP contribution in [0.3, 0.4) is 0 Å². The second-order valence-corrected chi connectivity index (χ2v) is 2.69. The quantitative estimate of drug-likeness (QED) is 0.588. The van der Waals surface area contributed by atoms with Gasteiger partial charge in [-0.25, -0.2) is 0 Å². The van der Waals surface area contributed by atoms with Gasteiger partial charge < -0.3 is 11.1 Å². The summed E-state index contributed by atoms with van der Waals surface area (Å²) in [4.78, 5) is 0. The highest BCUT2D eigenvalue weighted by atomic mass is 14.9. The van der Waals surface area contributed by atoms with E-state index in [1.165, 1.54) is 6.42 Å². The zero-order chi connectivity index (χ0) is 7.28. The van der Waals surface area contributed by atoms with Crippen molar-refractivity contribution in [2.24, 2.45) is 5.73 Å². The lowest BCUT2D eigenvalue weighted by molar-refractivity contribution is 0.506. The summed E-state index contributed by atoms with van der Waals surface area (Å²) >= 11 is 0. The van der Waals surface area contributed by atoms with Crippen LogP contribution in [0.1, 0.15) is 27.2 Å². The summed E-state index contributed by atoms with van der Waals surface area (Å²) in [6, 6.07) is 0.884. The fourth-order valence-corrected chi connectivity index (χ4v) is 0.531. The molecular weight excluding hydrogens is 112 g/mol. The zero-order valence-electron chi connectivity index (χ0n) is 6.65. The van der Waals surface area contributed by atoms with Crippen LogP contribution < -0.4 is 11.1 Å². The van der Waals surface area contributed by atoms with E-state index in [2.05, 4.69) is 19.2 Å². The van der Waals surface area contributed by atoms with Crippen molar-refractivity contribution in [3.8, 4) is 0 Å². The Balaban J connectivity index is 3.06. The zero-order valence-corrected chi connectivity index (χ0v) is 6.65. The van der Waals surface area contributed by atoms with Crippen molar-refractivity contribution in [1.29, 1.82) is 0 Å². The predicted octanol–water partition coefficient (Wildman–Crippen LogP) is 0.722. The average molecular weight is 130 g/mol. The molecule has 0 saturated heterocycles. The van der Waals surface area contributed by atoms with Gasteiger partial charge in [0.1, 0.15) is 0 Å². The Morgan fingerprint density at radius 2 is 2.00 bits per heavy atom. The SMILES string of the molecule is CCC(C)NCC(C)N. The van der Waals surface area contributed by atoms with Crippen LogP contribution in [0.5, 0.6) is 0 Å². The number of rotatable bonds is 4. The van der Waals surface area contributed by atoms with Crippen molar-refractivity contribution in [3.05, 3.63) is 0 Å². The van der Waals surface area contributed by atoms with Crippen LogP contribution in [0, 0.1) is 0 Å². The Morgan fingerprint density at radius 3 is 2.33 bits per heavy atom. The molecule has 0 aromatic rings. The van der Waals surface area contributed by atoms with E-state index >= 15 is 0 Å². The van der Waals surface area contributed by atoms with Gasteiger partial charge in [0.25, 0.3) is 0 Å². The summed E-state index contributed by atoms with van der Waals surface area (Å²) in [5.41, 5.74) is 5.53. The molecule has 3 N–H and O–H groups in total. The van der Waals surface area contributed by atoms with Gasteiger partial charge in [-0.15, -0.1) is 0 Å². The van der Waals surface area contributed by atoms with E-state index in [0.717, 1.165) is 6.54 Å². The van der Waals surface area contributed by atoms with Crippen molar-refractivity contribution in [1.82, 2.24) is 5.32 Å². The Kier molecular flexibility index (Phi) is 4.72. The Bertz CT molecular complexity index is 61.9. The molecule has 0 aromatic heterocycles. The first kappa shape index (κ1) is 8.92. The van der Waals surface area contributed by atoms with Gasteiger partial charge in [0.05, 0.1) is 0 Å². The van der Waals surface area contributed by atoms with Gasteiger partial charge in [0.2, 0.25) is 0 Å². The van der Waals surface area contributed by atoms with Gasteiger partial charge in [-0.2, -0.15) is 0 Å². The van der Waals surface area contributed by atoms with Gasteiger partial charge in [0, 0.05) is 18.6 Å². The first-order valence-electron chi connectivity index (χ1n) is 3.65. The number of nitrogens with one attached hydrogen (secondary N) is 1. The summed E-state index contributed by atoms with van der Waals surface area (Å²) in [5.74, 6) is 0. The minimum atomic E-state index is 0.277. The third-order valence-electron chi connectivity index (χ3n) is 1.40. The lowest BCUT2D eigenvalue weighted by Gasteiger charge is -2.12. The van der Waals surface area contributed by atoms with E-state index in [0.29, 0.717) is 6.04 Å². The maximum atomic E-state index is 5.53. The molecule has 0 bridgehead atoms. The molecule has 0 saturated carbocycles. The number of hydrogen-bond acceptors (Lipinski definition) is 2. The molecule has 0 fully saturated rings. The molecule has 0 aliphatic rings. The number of hydrogen-bond donors (Lipinski definition) is 2. The molecule has 0 amide bonds. The van der Waals surface area contributed by atoms with Gasteiger partial charge in [-0.3, -0.25) is 0 Å². The van der Waals surface area contributed by atoms with Crippen LogP contribution in [0.2, 0.25) is 0 Å². The molecule has 9 heavy (non-hydrogen) atoms. The molecule has 2 atom stereocenters. The Hall–Kier alpha value is -0.0800. The minimum Gasteiger partial charge on any atom is -0.327 e. The van der Waals surface area contributed by atoms with Crippen LogP contribution >= 0.6 is 0 Å². The topological polar surface area (TPSA) is 38.0 Å². The van der Waals surface area contributed by atoms with E-state index in [9.17, 15) is 0 Å². The molecular formula is C7H18N2. The highest BCUT2D eigenvalue weighted by molar-refractivity contribution is 4.62. The van der Waals surface area contributed by atoms with Crippen molar-refractivity contribution in [3.63, 3.8) is 0 Å². The second-order valence-electron chi connectivity index (χ2n) is 2.69. The van der Waals surface area contributed by atoms with E-state index in [-0.39, 0.29) is 6.04 Å². The van der Waals surface area contributed by atoms with Gasteiger partial charge in [-0.05, 0) is 20.3 Å². The normalized spacial score (nSPS) is 17.3. The van der Waals surface area contributed by atoms with Gasteiger partial charge in [-0.1, -0.05) is 6.92 Å². The summed E-state index contributed by atoms with van der Waals surface area (Å²) < 4.78 is 0. The molecule has 0 heterocycles. The highest BCUT2D eigenvalue weighted by Crippen LogP contribution is 1.86. The molecule has 2 nitrogen and oxygen atoms in total. The monoisotopic (exact) mass is 130 g/mol. The lowest BCUT2D eigenvalue weighted by Crippen LogP contribution is -2.36. The Morgan fingerprint density at radius 1 is 1.44 bits per heavy atom. The maximum absolute atomic E-state index is 5.53. The standard InChI is InChI=1S/C7H18N2/c1-4-7(3)9-5-6(2)8/h6-7,9H,4-5,8H2,1-3H3. The third-order valence-corrected chi connectivity index (χ3v) is 1.40. The van der Waals surface area contributed by atoms with Gasteiger partial charge >= 0.3 is 0 Å². The van der Waals surface area contributed by atoms with Crippen molar-refractivity contribution < 1.29 is 0 Å². The highest BCUT2D eigenvalue weighted by Gasteiger charge is 1.97. The number of nitrogens with two attached hydrogens (primary N) is 1. The first-order chi connectivity index (χ1) is 4.16. The van der Waals surface area contributed by atoms with Crippen molar-refractivity contribution in [2.45, 2.75) is 39.3 Å². The first-order valence-corrected chi connectivity index (χ1v) is 3.65. The van der Waals surface area contributed by atoms with Crippen molar-refractivity contribution >= 4 is 0 Å². The average Bonchev–Trinajstić information content (AvgIpc) is 1.83. The van der Waals surface area contributed by atoms with Crippen molar-refractivity contribution in [2.75, 3.05) is 6.54 Å². The van der Waals surface area contributed by atoms with Crippen LogP contribution in [-0.2, 0) is 0 Å². The molecule has 0 radical (unpaired) electrons. The third kappa shape index (κ3) is 5.80. The predicted molar refractivity (Wildman–Crippen MR) is 41.4 cm³/mol. The second kappa shape index (κ2) is 4.77. The summed E-state index contributed by atoms with van der Waals surface area (Å²) in [7, 11) is 0. The molecule has 0 spiro atoms. The molecule has 0 aliphatic heterocycles. The summed E-state index contributed by atoms with van der Waals surface area (Å²) in [5, 5.41) is 3.31. The summed E-state index contributed by atoms with van der Waals surface area (Å²) in [6.45, 7) is 7.27. The van der Waals surface area contributed by atoms with Crippen LogP contribution in [0.4, 0.5) is 0 Å². The van der Waals surface area contributed by atoms with Crippen LogP contribution in [-0.4, -0.2) is 18.6 Å². The molecule has 0 aliphatic carbocycles. The Labute approximate surface area is 57.8 Å². The fourth-order valence-electron chi connectivity index (χ4n) is 0.531. The smallest absolute Gasteiger partial charge is 0.0136 e. The van der Waals surface area contributed by atoms with E-state index < -0.39 is 0 Å². The largest absolute Gasteiger partial charge is 0.327 e. The van der Waals surface area contributed by atoms with Gasteiger partial charge in [0.15, 0.2) is 0 Å².